The van der Waals surface area contributed by atoms with E-state index >= 15 is 0 Å². The van der Waals surface area contributed by atoms with Crippen molar-refractivity contribution in [2.24, 2.45) is 0 Å². The fraction of sp³-hybridized carbons (Fsp3) is 0.417. The average molecular weight is 417 g/mol. The molecule has 0 atom stereocenters. The summed E-state index contributed by atoms with van der Waals surface area (Å²) >= 11 is 10.6. The highest BCUT2D eigenvalue weighted by Gasteiger charge is 2.20. The summed E-state index contributed by atoms with van der Waals surface area (Å²) in [6, 6.07) is 2.35. The minimum Gasteiger partial charge on any atom is -0.478 e. The van der Waals surface area contributed by atoms with E-state index in [1.165, 1.54) is 6.07 Å². The van der Waals surface area contributed by atoms with Gasteiger partial charge in [-0.1, -0.05) is 11.6 Å². The highest BCUT2D eigenvalue weighted by atomic mass is 79.9. The number of carboxylic acid groups (broad SMARTS) is 1. The van der Waals surface area contributed by atoms with Crippen molar-refractivity contribution in [1.82, 2.24) is 4.72 Å². The molecular weight excluding hydrogens is 402 g/mol. The number of halogens is 2. The van der Waals surface area contributed by atoms with Gasteiger partial charge in [-0.05, 0) is 52.9 Å². The molecular formula is C12H15BrClNO4S2. The topological polar surface area (TPSA) is 83.5 Å². The fourth-order valence-electron chi connectivity index (χ4n) is 1.54. The van der Waals surface area contributed by atoms with Crippen molar-refractivity contribution in [3.05, 3.63) is 27.2 Å². The predicted octanol–water partition coefficient (Wildman–Crippen LogP) is 3.22. The van der Waals surface area contributed by atoms with Crippen LogP contribution in [0.25, 0.3) is 0 Å². The number of sulfonamides is 1. The summed E-state index contributed by atoms with van der Waals surface area (Å²) < 4.78 is 26.9. The third-order valence-corrected chi connectivity index (χ3v) is 6.01. The number of hydrogen-bond donors (Lipinski definition) is 2. The number of unbranched alkanes of at least 4 members (excludes halogenated alkanes) is 1. The molecule has 0 bridgehead atoms. The molecule has 0 unspecified atom stereocenters. The molecule has 1 aromatic rings. The van der Waals surface area contributed by atoms with E-state index in [1.807, 2.05) is 6.26 Å². The maximum Gasteiger partial charge on any atom is 0.337 e. The van der Waals surface area contributed by atoms with Crippen molar-refractivity contribution in [1.29, 1.82) is 0 Å². The SMILES string of the molecule is CSCCCCNS(=O)(=O)c1cc(Br)c(Cl)c(C(=O)O)c1. The Morgan fingerprint density at radius 1 is 1.43 bits per heavy atom. The van der Waals surface area contributed by atoms with E-state index in [0.717, 1.165) is 24.7 Å². The van der Waals surface area contributed by atoms with Crippen LogP contribution in [0.4, 0.5) is 0 Å². The second kappa shape index (κ2) is 8.38. The van der Waals surface area contributed by atoms with Crippen LogP contribution in [0, 0.1) is 0 Å². The molecule has 0 spiro atoms. The Kier molecular flexibility index (Phi) is 7.49. The molecule has 0 heterocycles. The van der Waals surface area contributed by atoms with Gasteiger partial charge in [-0.25, -0.2) is 17.9 Å². The molecule has 118 valence electrons. The van der Waals surface area contributed by atoms with Crippen LogP contribution in [0.1, 0.15) is 23.2 Å². The van der Waals surface area contributed by atoms with Crippen molar-refractivity contribution in [2.75, 3.05) is 18.6 Å². The molecule has 1 rings (SSSR count). The Balaban J connectivity index is 2.91. The third kappa shape index (κ3) is 5.45. The summed E-state index contributed by atoms with van der Waals surface area (Å²) in [5, 5.41) is 9.00. The predicted molar refractivity (Wildman–Crippen MR) is 88.9 cm³/mol. The number of thioether (sulfide) groups is 1. The van der Waals surface area contributed by atoms with E-state index in [4.69, 9.17) is 16.7 Å². The van der Waals surface area contributed by atoms with Crippen LogP contribution in [0.3, 0.4) is 0 Å². The van der Waals surface area contributed by atoms with Gasteiger partial charge in [0, 0.05) is 11.0 Å². The number of aromatic carboxylic acids is 1. The molecule has 0 aromatic heterocycles. The highest BCUT2D eigenvalue weighted by Crippen LogP contribution is 2.29. The van der Waals surface area contributed by atoms with Gasteiger partial charge in [-0.3, -0.25) is 0 Å². The second-order valence-corrected chi connectivity index (χ2v) is 8.15. The van der Waals surface area contributed by atoms with Crippen LogP contribution in [-0.4, -0.2) is 38.0 Å². The van der Waals surface area contributed by atoms with Gasteiger partial charge in [-0.2, -0.15) is 11.8 Å². The molecule has 5 nitrogen and oxygen atoms in total. The lowest BCUT2D eigenvalue weighted by Crippen LogP contribution is -2.25. The monoisotopic (exact) mass is 415 g/mol. The normalized spacial score (nSPS) is 11.6. The van der Waals surface area contributed by atoms with Crippen molar-refractivity contribution in [3.8, 4) is 0 Å². The Morgan fingerprint density at radius 3 is 2.67 bits per heavy atom. The van der Waals surface area contributed by atoms with Crippen LogP contribution >= 0.6 is 39.3 Å². The Hall–Kier alpha value is -0.280. The van der Waals surface area contributed by atoms with Crippen LogP contribution in [-0.2, 0) is 10.0 Å². The van der Waals surface area contributed by atoms with E-state index in [-0.39, 0.29) is 20.0 Å². The molecule has 2 N–H and O–H groups in total. The molecule has 1 aromatic carbocycles. The highest BCUT2D eigenvalue weighted by molar-refractivity contribution is 9.10. The first-order valence-electron chi connectivity index (χ1n) is 6.00. The summed E-state index contributed by atoms with van der Waals surface area (Å²) in [4.78, 5) is 10.9. The zero-order valence-electron chi connectivity index (χ0n) is 11.2. The number of carboxylic acids is 1. The van der Waals surface area contributed by atoms with Crippen LogP contribution in [0.2, 0.25) is 5.02 Å². The number of benzene rings is 1. The van der Waals surface area contributed by atoms with Crippen LogP contribution < -0.4 is 4.72 Å². The van der Waals surface area contributed by atoms with Crippen molar-refractivity contribution < 1.29 is 18.3 Å². The number of nitrogens with one attached hydrogen (secondary N) is 1. The minimum absolute atomic E-state index is 0.0265. The van der Waals surface area contributed by atoms with Gasteiger partial charge in [0.05, 0.1) is 15.5 Å². The molecule has 0 radical (unpaired) electrons. The summed E-state index contributed by atoms with van der Waals surface area (Å²) in [7, 11) is -3.75. The molecule has 0 aliphatic heterocycles. The second-order valence-electron chi connectivity index (χ2n) is 4.17. The summed E-state index contributed by atoms with van der Waals surface area (Å²) in [5.41, 5.74) is -0.256. The molecule has 0 fully saturated rings. The maximum atomic E-state index is 12.1. The largest absolute Gasteiger partial charge is 0.478 e. The van der Waals surface area contributed by atoms with Gasteiger partial charge in [-0.15, -0.1) is 0 Å². The summed E-state index contributed by atoms with van der Waals surface area (Å²) in [6.07, 6.45) is 3.62. The number of carbonyl (C=O) groups is 1. The minimum atomic E-state index is -3.75. The van der Waals surface area contributed by atoms with E-state index in [0.29, 0.717) is 6.54 Å². The van der Waals surface area contributed by atoms with Gasteiger partial charge >= 0.3 is 5.97 Å². The fourth-order valence-corrected chi connectivity index (χ4v) is 3.96. The molecule has 0 saturated carbocycles. The molecule has 0 saturated heterocycles. The first-order chi connectivity index (χ1) is 9.79. The quantitative estimate of drug-likeness (QED) is 0.636. The van der Waals surface area contributed by atoms with Gasteiger partial charge < -0.3 is 5.11 Å². The molecule has 0 aliphatic carbocycles. The van der Waals surface area contributed by atoms with E-state index < -0.39 is 16.0 Å². The smallest absolute Gasteiger partial charge is 0.337 e. The Bertz CT molecular complexity index is 622. The van der Waals surface area contributed by atoms with Crippen LogP contribution in [0.15, 0.2) is 21.5 Å². The average Bonchev–Trinajstić information content (AvgIpc) is 2.40. The van der Waals surface area contributed by atoms with Crippen LogP contribution in [0.5, 0.6) is 0 Å². The lowest BCUT2D eigenvalue weighted by atomic mass is 10.2. The van der Waals surface area contributed by atoms with Gasteiger partial charge in [0.2, 0.25) is 10.0 Å². The van der Waals surface area contributed by atoms with Crippen molar-refractivity contribution in [2.45, 2.75) is 17.7 Å². The Labute approximate surface area is 141 Å². The lowest BCUT2D eigenvalue weighted by molar-refractivity contribution is 0.0696. The van der Waals surface area contributed by atoms with Crippen molar-refractivity contribution in [3.63, 3.8) is 0 Å². The summed E-state index contributed by atoms with van der Waals surface area (Å²) in [6.45, 7) is 0.311. The van der Waals surface area contributed by atoms with E-state index in [9.17, 15) is 13.2 Å². The van der Waals surface area contributed by atoms with Gasteiger partial charge in [0.15, 0.2) is 0 Å². The van der Waals surface area contributed by atoms with Gasteiger partial charge in [0.1, 0.15) is 0 Å². The maximum absolute atomic E-state index is 12.1. The summed E-state index contributed by atoms with van der Waals surface area (Å²) in [5.74, 6) is -0.310. The van der Waals surface area contributed by atoms with E-state index in [2.05, 4.69) is 20.7 Å². The Morgan fingerprint density at radius 2 is 2.10 bits per heavy atom. The molecule has 0 amide bonds. The zero-order chi connectivity index (χ0) is 16.0. The van der Waals surface area contributed by atoms with Crippen molar-refractivity contribution >= 4 is 55.3 Å². The number of rotatable bonds is 8. The standard InChI is InChI=1S/C12H15BrClNO4S2/c1-20-5-3-2-4-15-21(18,19)8-6-9(12(16)17)11(14)10(13)7-8/h6-7,15H,2-5H2,1H3,(H,16,17). The first kappa shape index (κ1) is 18.8. The number of hydrogen-bond acceptors (Lipinski definition) is 4. The third-order valence-electron chi connectivity index (χ3n) is 2.61. The van der Waals surface area contributed by atoms with Gasteiger partial charge in [0.25, 0.3) is 0 Å². The van der Waals surface area contributed by atoms with E-state index in [1.54, 1.807) is 11.8 Å². The molecule has 0 aliphatic rings. The first-order valence-corrected chi connectivity index (χ1v) is 10.1. The zero-order valence-corrected chi connectivity index (χ0v) is 15.2. The molecule has 9 heteroatoms. The lowest BCUT2D eigenvalue weighted by Gasteiger charge is -2.09. The molecule has 21 heavy (non-hydrogen) atoms.